The molecule has 0 atom stereocenters. The maximum Gasteiger partial charge on any atom is 0.167 e. The molecule has 0 fully saturated rings. The van der Waals surface area contributed by atoms with E-state index in [1.165, 1.54) is 22.9 Å². The van der Waals surface area contributed by atoms with Gasteiger partial charge in [0.1, 0.15) is 11.5 Å². The highest BCUT2D eigenvalue weighted by Crippen LogP contribution is 2.37. The molecule has 1 aromatic heterocycles. The Hall–Kier alpha value is -2.33. The van der Waals surface area contributed by atoms with Gasteiger partial charge < -0.3 is 0 Å². The monoisotopic (exact) mass is 321 g/mol. The number of benzene rings is 1. The van der Waals surface area contributed by atoms with Crippen LogP contribution in [0.1, 0.15) is 29.9 Å². The van der Waals surface area contributed by atoms with Crippen LogP contribution in [0.15, 0.2) is 53.8 Å². The normalized spacial score (nSPS) is 17.8. The Morgan fingerprint density at radius 3 is 2.88 bits per heavy atom. The molecule has 3 nitrogen and oxygen atoms in total. The molecular weight excluding hydrogens is 301 g/mol. The summed E-state index contributed by atoms with van der Waals surface area (Å²) in [6.07, 6.45) is 5.28. The van der Waals surface area contributed by atoms with Crippen LogP contribution < -0.4 is 0 Å². The smallest absolute Gasteiger partial charge is 0.167 e. The second-order valence-corrected chi connectivity index (χ2v) is 6.54. The summed E-state index contributed by atoms with van der Waals surface area (Å²) >= 11 is 0. The van der Waals surface area contributed by atoms with Gasteiger partial charge in [0.2, 0.25) is 0 Å². The lowest BCUT2D eigenvalue weighted by Crippen LogP contribution is -2.30. The first-order valence-corrected chi connectivity index (χ1v) is 8.36. The fourth-order valence-corrected chi connectivity index (χ4v) is 3.54. The summed E-state index contributed by atoms with van der Waals surface area (Å²) < 4.78 is 14.1. The zero-order valence-electron chi connectivity index (χ0n) is 13.8. The summed E-state index contributed by atoms with van der Waals surface area (Å²) in [6, 6.07) is 10.5. The SMILES string of the molecule is Cc1ncc(F)c(C2=CC3=C(CCN(Cc4ccccc4)C3)C2)n1. The molecule has 0 unspecified atom stereocenters. The summed E-state index contributed by atoms with van der Waals surface area (Å²) in [5.74, 6) is 0.288. The Morgan fingerprint density at radius 2 is 2.04 bits per heavy atom. The first-order valence-electron chi connectivity index (χ1n) is 8.36. The Kier molecular flexibility index (Phi) is 3.98. The minimum atomic E-state index is -0.326. The lowest BCUT2D eigenvalue weighted by Gasteiger charge is -2.28. The molecule has 1 aromatic carbocycles. The zero-order valence-corrected chi connectivity index (χ0v) is 13.8. The zero-order chi connectivity index (χ0) is 16.5. The van der Waals surface area contributed by atoms with Crippen LogP contribution in [-0.4, -0.2) is 28.0 Å². The summed E-state index contributed by atoms with van der Waals surface area (Å²) in [7, 11) is 0. The van der Waals surface area contributed by atoms with Gasteiger partial charge in [0.25, 0.3) is 0 Å². The molecule has 0 N–H and O–H groups in total. The quantitative estimate of drug-likeness (QED) is 0.858. The van der Waals surface area contributed by atoms with Crippen LogP contribution in [0.4, 0.5) is 4.39 Å². The van der Waals surface area contributed by atoms with E-state index in [1.54, 1.807) is 6.92 Å². The molecule has 1 aliphatic carbocycles. The molecule has 0 amide bonds. The third-order valence-corrected chi connectivity index (χ3v) is 4.75. The highest BCUT2D eigenvalue weighted by Gasteiger charge is 2.25. The first kappa shape index (κ1) is 15.2. The fraction of sp³-hybridized carbons (Fsp3) is 0.300. The largest absolute Gasteiger partial charge is 0.295 e. The minimum Gasteiger partial charge on any atom is -0.295 e. The van der Waals surface area contributed by atoms with E-state index < -0.39 is 0 Å². The Labute approximate surface area is 141 Å². The van der Waals surface area contributed by atoms with E-state index in [2.05, 4.69) is 45.2 Å². The molecular formula is C20H20FN3. The number of allylic oxidation sites excluding steroid dienone is 1. The number of halogens is 1. The van der Waals surface area contributed by atoms with E-state index in [1.807, 2.05) is 6.07 Å². The van der Waals surface area contributed by atoms with Crippen molar-refractivity contribution >= 4 is 5.57 Å². The Bertz CT molecular complexity index is 824. The average molecular weight is 321 g/mol. The molecule has 0 radical (unpaired) electrons. The molecule has 4 rings (SSSR count). The molecule has 0 spiro atoms. The molecule has 122 valence electrons. The van der Waals surface area contributed by atoms with Crippen LogP contribution in [0, 0.1) is 12.7 Å². The van der Waals surface area contributed by atoms with Crippen molar-refractivity contribution in [1.29, 1.82) is 0 Å². The van der Waals surface area contributed by atoms with Crippen LogP contribution in [0.25, 0.3) is 5.57 Å². The Balaban J connectivity index is 1.51. The van der Waals surface area contributed by atoms with Gasteiger partial charge >= 0.3 is 0 Å². The number of rotatable bonds is 3. The topological polar surface area (TPSA) is 29.0 Å². The molecule has 4 heteroatoms. The molecule has 2 heterocycles. The number of nitrogens with zero attached hydrogens (tertiary/aromatic N) is 3. The molecule has 0 saturated carbocycles. The van der Waals surface area contributed by atoms with Gasteiger partial charge in [-0.05, 0) is 36.5 Å². The molecule has 0 bridgehead atoms. The van der Waals surface area contributed by atoms with E-state index in [0.29, 0.717) is 11.5 Å². The predicted molar refractivity (Wildman–Crippen MR) is 92.7 cm³/mol. The van der Waals surface area contributed by atoms with Gasteiger partial charge in [0.05, 0.1) is 6.20 Å². The van der Waals surface area contributed by atoms with Gasteiger partial charge in [0, 0.05) is 19.6 Å². The number of hydrogen-bond donors (Lipinski definition) is 0. The lowest BCUT2D eigenvalue weighted by molar-refractivity contribution is 0.280. The molecule has 0 saturated heterocycles. The van der Waals surface area contributed by atoms with Crippen molar-refractivity contribution in [1.82, 2.24) is 14.9 Å². The average Bonchev–Trinajstić information content (AvgIpc) is 3.01. The van der Waals surface area contributed by atoms with Gasteiger partial charge in [-0.15, -0.1) is 0 Å². The van der Waals surface area contributed by atoms with Gasteiger partial charge in [-0.1, -0.05) is 42.0 Å². The fourth-order valence-electron chi connectivity index (χ4n) is 3.54. The van der Waals surface area contributed by atoms with Gasteiger partial charge in [0.15, 0.2) is 5.82 Å². The van der Waals surface area contributed by atoms with Crippen molar-refractivity contribution in [3.63, 3.8) is 0 Å². The van der Waals surface area contributed by atoms with Crippen LogP contribution in [0.5, 0.6) is 0 Å². The first-order chi connectivity index (χ1) is 11.7. The predicted octanol–water partition coefficient (Wildman–Crippen LogP) is 3.91. The van der Waals surface area contributed by atoms with E-state index in [-0.39, 0.29) is 5.82 Å². The number of hydrogen-bond acceptors (Lipinski definition) is 3. The maximum atomic E-state index is 14.1. The van der Waals surface area contributed by atoms with Gasteiger partial charge in [-0.25, -0.2) is 14.4 Å². The van der Waals surface area contributed by atoms with Crippen molar-refractivity contribution in [3.8, 4) is 0 Å². The van der Waals surface area contributed by atoms with E-state index >= 15 is 0 Å². The highest BCUT2D eigenvalue weighted by atomic mass is 19.1. The second-order valence-electron chi connectivity index (χ2n) is 6.54. The van der Waals surface area contributed by atoms with E-state index in [4.69, 9.17) is 0 Å². The summed E-state index contributed by atoms with van der Waals surface area (Å²) in [5.41, 5.74) is 5.56. The van der Waals surface area contributed by atoms with Crippen molar-refractivity contribution in [2.45, 2.75) is 26.3 Å². The standard InChI is InChI=1S/C20H20FN3/c1-14-22-11-19(21)20(23-14)17-9-16-7-8-24(13-18(16)10-17)12-15-5-3-2-4-6-15/h2-6,10-11H,7-9,12-13H2,1H3. The third-order valence-electron chi connectivity index (χ3n) is 4.75. The van der Waals surface area contributed by atoms with Crippen LogP contribution in [0.3, 0.4) is 0 Å². The van der Waals surface area contributed by atoms with Gasteiger partial charge in [-0.3, -0.25) is 4.90 Å². The van der Waals surface area contributed by atoms with Crippen molar-refractivity contribution in [3.05, 3.63) is 76.6 Å². The van der Waals surface area contributed by atoms with E-state index in [0.717, 1.165) is 38.0 Å². The van der Waals surface area contributed by atoms with E-state index in [9.17, 15) is 4.39 Å². The highest BCUT2D eigenvalue weighted by molar-refractivity contribution is 5.73. The van der Waals surface area contributed by atoms with Crippen LogP contribution in [0.2, 0.25) is 0 Å². The third kappa shape index (κ3) is 3.02. The van der Waals surface area contributed by atoms with Crippen molar-refractivity contribution in [2.24, 2.45) is 0 Å². The lowest BCUT2D eigenvalue weighted by atomic mass is 10.0. The van der Waals surface area contributed by atoms with Crippen molar-refractivity contribution in [2.75, 3.05) is 13.1 Å². The van der Waals surface area contributed by atoms with Gasteiger partial charge in [-0.2, -0.15) is 0 Å². The number of aromatic nitrogens is 2. The number of aryl methyl sites for hydroxylation is 1. The van der Waals surface area contributed by atoms with Crippen molar-refractivity contribution < 1.29 is 4.39 Å². The minimum absolute atomic E-state index is 0.326. The maximum absolute atomic E-state index is 14.1. The molecule has 2 aliphatic rings. The molecule has 1 aliphatic heterocycles. The molecule has 2 aromatic rings. The summed E-state index contributed by atoms with van der Waals surface area (Å²) in [4.78, 5) is 10.7. The Morgan fingerprint density at radius 1 is 1.21 bits per heavy atom. The van der Waals surface area contributed by atoms with Crippen LogP contribution in [-0.2, 0) is 6.54 Å². The summed E-state index contributed by atoms with van der Waals surface area (Å²) in [5, 5.41) is 0. The van der Waals surface area contributed by atoms with Crippen LogP contribution >= 0.6 is 0 Å². The molecule has 24 heavy (non-hydrogen) atoms. The second kappa shape index (κ2) is 6.29. The summed E-state index contributed by atoms with van der Waals surface area (Å²) in [6.45, 7) is 4.74.